The number of alkyl carbamates (subject to hydrolysis) is 1. The average Bonchev–Trinajstić information content (AvgIpc) is 2.65. The Balaban J connectivity index is 1.51. The van der Waals surface area contributed by atoms with Crippen molar-refractivity contribution in [3.05, 3.63) is 22.6 Å². The molecule has 0 spiro atoms. The Labute approximate surface area is 162 Å². The van der Waals surface area contributed by atoms with Gasteiger partial charge in [-0.1, -0.05) is 0 Å². The molecule has 0 saturated heterocycles. The molecule has 150 valence electrons. The standard InChI is InChI=1S/C19H26N6O3/c1-28-19(27)23-12-7-5-11(6-8-12)22-18-21-10-14-15(20)9-16(26)25(17(14)24-18)13-3-2-4-13/h9-13H,2-8,20H2,1H3,(H,23,27)(H,21,22,24). The lowest BCUT2D eigenvalue weighted by molar-refractivity contribution is 0.162. The number of nitrogens with zero attached hydrogens (tertiary/aromatic N) is 3. The van der Waals surface area contributed by atoms with Gasteiger partial charge in [-0.05, 0) is 44.9 Å². The number of aromatic nitrogens is 3. The van der Waals surface area contributed by atoms with E-state index in [0.29, 0.717) is 22.7 Å². The van der Waals surface area contributed by atoms with Crippen LogP contribution in [0.1, 0.15) is 51.0 Å². The molecule has 0 unspecified atom stereocenters. The molecule has 2 aliphatic rings. The molecule has 4 N–H and O–H groups in total. The Bertz CT molecular complexity index is 931. The molecule has 28 heavy (non-hydrogen) atoms. The van der Waals surface area contributed by atoms with E-state index in [2.05, 4.69) is 25.3 Å². The first-order valence-corrected chi connectivity index (χ1v) is 9.84. The number of nitrogens with one attached hydrogen (secondary N) is 2. The van der Waals surface area contributed by atoms with E-state index in [1.807, 2.05) is 0 Å². The van der Waals surface area contributed by atoms with Crippen LogP contribution in [-0.4, -0.2) is 39.8 Å². The maximum Gasteiger partial charge on any atom is 0.407 e. The molecule has 2 fully saturated rings. The number of nitrogens with two attached hydrogens (primary N) is 1. The van der Waals surface area contributed by atoms with Gasteiger partial charge < -0.3 is 21.1 Å². The van der Waals surface area contributed by atoms with E-state index < -0.39 is 0 Å². The van der Waals surface area contributed by atoms with Crippen molar-refractivity contribution in [1.82, 2.24) is 19.9 Å². The Morgan fingerprint density at radius 1 is 1.21 bits per heavy atom. The average molecular weight is 386 g/mol. The summed E-state index contributed by atoms with van der Waals surface area (Å²) in [5.41, 5.74) is 6.94. The first kappa shape index (κ1) is 18.5. The molecule has 9 heteroatoms. The lowest BCUT2D eigenvalue weighted by Gasteiger charge is -2.30. The molecule has 2 saturated carbocycles. The van der Waals surface area contributed by atoms with Crippen molar-refractivity contribution >= 4 is 28.8 Å². The zero-order valence-electron chi connectivity index (χ0n) is 16.0. The van der Waals surface area contributed by atoms with E-state index in [9.17, 15) is 9.59 Å². The number of nitrogen functional groups attached to an aromatic ring is 1. The third-order valence-electron chi connectivity index (χ3n) is 5.83. The fourth-order valence-electron chi connectivity index (χ4n) is 4.00. The van der Waals surface area contributed by atoms with Crippen molar-refractivity contribution < 1.29 is 9.53 Å². The van der Waals surface area contributed by atoms with Crippen molar-refractivity contribution in [2.75, 3.05) is 18.2 Å². The molecule has 0 radical (unpaired) electrons. The van der Waals surface area contributed by atoms with Crippen molar-refractivity contribution in [2.45, 2.75) is 63.1 Å². The number of anilines is 2. The van der Waals surface area contributed by atoms with Gasteiger partial charge in [0.25, 0.3) is 5.56 Å². The van der Waals surface area contributed by atoms with Crippen molar-refractivity contribution in [1.29, 1.82) is 0 Å². The summed E-state index contributed by atoms with van der Waals surface area (Å²) < 4.78 is 6.42. The van der Waals surface area contributed by atoms with Crippen LogP contribution in [0.5, 0.6) is 0 Å². The number of methoxy groups -OCH3 is 1. The van der Waals surface area contributed by atoms with Crippen molar-refractivity contribution in [3.63, 3.8) is 0 Å². The molecule has 2 heterocycles. The van der Waals surface area contributed by atoms with Gasteiger partial charge in [-0.2, -0.15) is 4.98 Å². The topological polar surface area (TPSA) is 124 Å². The van der Waals surface area contributed by atoms with Gasteiger partial charge in [0.2, 0.25) is 5.95 Å². The maximum atomic E-state index is 12.5. The SMILES string of the molecule is COC(=O)NC1CCC(Nc2ncc3c(N)cc(=O)n(C4CCC4)c3n2)CC1. The molecule has 9 nitrogen and oxygen atoms in total. The molecule has 0 aromatic carbocycles. The third-order valence-corrected chi connectivity index (χ3v) is 5.83. The van der Waals surface area contributed by atoms with Crippen LogP contribution in [0.15, 0.2) is 17.1 Å². The fraction of sp³-hybridized carbons (Fsp3) is 0.579. The summed E-state index contributed by atoms with van der Waals surface area (Å²) in [6.45, 7) is 0. The van der Waals surface area contributed by atoms with Crippen molar-refractivity contribution in [3.8, 4) is 0 Å². The van der Waals surface area contributed by atoms with E-state index in [4.69, 9.17) is 5.73 Å². The molecular formula is C19H26N6O3. The second kappa shape index (κ2) is 7.65. The quantitative estimate of drug-likeness (QED) is 0.735. The molecular weight excluding hydrogens is 360 g/mol. The highest BCUT2D eigenvalue weighted by Gasteiger charge is 2.25. The van der Waals surface area contributed by atoms with Gasteiger partial charge in [0.1, 0.15) is 0 Å². The van der Waals surface area contributed by atoms with Crippen LogP contribution in [0.25, 0.3) is 11.0 Å². The van der Waals surface area contributed by atoms with E-state index in [0.717, 1.165) is 44.9 Å². The first-order valence-electron chi connectivity index (χ1n) is 9.84. The summed E-state index contributed by atoms with van der Waals surface area (Å²) in [5.74, 6) is 0.509. The first-order chi connectivity index (χ1) is 13.5. The minimum Gasteiger partial charge on any atom is -0.453 e. The summed E-state index contributed by atoms with van der Waals surface area (Å²) in [6, 6.07) is 2.01. The molecule has 0 atom stereocenters. The van der Waals surface area contributed by atoms with E-state index in [1.165, 1.54) is 13.2 Å². The summed E-state index contributed by atoms with van der Waals surface area (Å²) in [4.78, 5) is 32.9. The summed E-state index contributed by atoms with van der Waals surface area (Å²) in [6.07, 6.45) is 7.92. The highest BCUT2D eigenvalue weighted by molar-refractivity contribution is 5.87. The summed E-state index contributed by atoms with van der Waals surface area (Å²) in [5, 5.41) is 6.94. The molecule has 4 rings (SSSR count). The lowest BCUT2D eigenvalue weighted by atomic mass is 9.91. The monoisotopic (exact) mass is 386 g/mol. The van der Waals surface area contributed by atoms with Gasteiger partial charge in [0, 0.05) is 36.1 Å². The summed E-state index contributed by atoms with van der Waals surface area (Å²) in [7, 11) is 1.37. The predicted molar refractivity (Wildman–Crippen MR) is 106 cm³/mol. The molecule has 2 aromatic heterocycles. The van der Waals surface area contributed by atoms with Crippen LogP contribution in [-0.2, 0) is 4.74 Å². The van der Waals surface area contributed by atoms with Gasteiger partial charge in [-0.15, -0.1) is 0 Å². The third kappa shape index (κ3) is 3.61. The Morgan fingerprint density at radius 2 is 1.93 bits per heavy atom. The molecule has 2 aromatic rings. The largest absolute Gasteiger partial charge is 0.453 e. The van der Waals surface area contributed by atoms with E-state index in [-0.39, 0.29) is 29.8 Å². The number of carbonyl (C=O) groups excluding carboxylic acids is 1. The number of pyridine rings is 1. The normalized spacial score (nSPS) is 22.5. The van der Waals surface area contributed by atoms with Crippen molar-refractivity contribution in [2.24, 2.45) is 0 Å². The fourth-order valence-corrected chi connectivity index (χ4v) is 4.00. The van der Waals surface area contributed by atoms with Gasteiger partial charge in [0.05, 0.1) is 12.5 Å². The number of fused-ring (bicyclic) bond motifs is 1. The zero-order valence-corrected chi connectivity index (χ0v) is 16.0. The maximum absolute atomic E-state index is 12.5. The lowest BCUT2D eigenvalue weighted by Crippen LogP contribution is -2.40. The number of hydrogen-bond acceptors (Lipinski definition) is 7. The van der Waals surface area contributed by atoms with Gasteiger partial charge in [0.15, 0.2) is 5.65 Å². The minimum atomic E-state index is -0.388. The van der Waals surface area contributed by atoms with Gasteiger partial charge in [-0.25, -0.2) is 9.78 Å². The highest BCUT2D eigenvalue weighted by Crippen LogP contribution is 2.33. The van der Waals surface area contributed by atoms with E-state index in [1.54, 1.807) is 10.8 Å². The van der Waals surface area contributed by atoms with Crippen LogP contribution in [0.4, 0.5) is 16.4 Å². The van der Waals surface area contributed by atoms with Crippen LogP contribution >= 0.6 is 0 Å². The minimum absolute atomic E-state index is 0.103. The molecule has 0 aliphatic heterocycles. The van der Waals surface area contributed by atoms with Crippen LogP contribution in [0.2, 0.25) is 0 Å². The zero-order chi connectivity index (χ0) is 19.7. The number of ether oxygens (including phenoxy) is 1. The smallest absolute Gasteiger partial charge is 0.407 e. The molecule has 1 amide bonds. The summed E-state index contributed by atoms with van der Waals surface area (Å²) >= 11 is 0. The number of hydrogen-bond donors (Lipinski definition) is 3. The number of rotatable bonds is 4. The highest BCUT2D eigenvalue weighted by atomic mass is 16.5. The Kier molecular flexibility index (Phi) is 5.06. The number of amides is 1. The number of carbonyl (C=O) groups is 1. The van der Waals surface area contributed by atoms with E-state index >= 15 is 0 Å². The Morgan fingerprint density at radius 3 is 2.57 bits per heavy atom. The predicted octanol–water partition coefficient (Wildman–Crippen LogP) is 2.18. The van der Waals surface area contributed by atoms with Gasteiger partial charge >= 0.3 is 6.09 Å². The molecule has 2 aliphatic carbocycles. The second-order valence-corrected chi connectivity index (χ2v) is 7.65. The van der Waals surface area contributed by atoms with Crippen LogP contribution in [0, 0.1) is 0 Å². The van der Waals surface area contributed by atoms with Crippen LogP contribution < -0.4 is 21.9 Å². The van der Waals surface area contributed by atoms with Crippen LogP contribution in [0.3, 0.4) is 0 Å². The Hall–Kier alpha value is -2.84. The second-order valence-electron chi connectivity index (χ2n) is 7.65. The molecule has 0 bridgehead atoms. The van der Waals surface area contributed by atoms with Gasteiger partial charge in [-0.3, -0.25) is 9.36 Å².